The Hall–Kier alpha value is -2.46. The van der Waals surface area contributed by atoms with Crippen LogP contribution in [0, 0.1) is 5.92 Å². The predicted molar refractivity (Wildman–Crippen MR) is 125 cm³/mol. The monoisotopic (exact) mass is 406 g/mol. The van der Waals surface area contributed by atoms with Crippen LogP contribution in [-0.2, 0) is 4.79 Å². The molecule has 3 rings (SSSR count). The summed E-state index contributed by atoms with van der Waals surface area (Å²) in [4.78, 5) is 12.4. The fourth-order valence-corrected chi connectivity index (χ4v) is 5.11. The lowest BCUT2D eigenvalue weighted by molar-refractivity contribution is -0.120. The summed E-state index contributed by atoms with van der Waals surface area (Å²) in [5, 5.41) is 7.39. The average molecular weight is 407 g/mol. The zero-order chi connectivity index (χ0) is 20.8. The molecule has 0 saturated carbocycles. The van der Waals surface area contributed by atoms with Gasteiger partial charge in [0, 0.05) is 7.05 Å². The van der Waals surface area contributed by atoms with Gasteiger partial charge in [-0.2, -0.15) is 0 Å². The lowest BCUT2D eigenvalue weighted by atomic mass is 9.88. The van der Waals surface area contributed by atoms with Crippen molar-refractivity contribution in [2.24, 2.45) is 5.92 Å². The molecule has 152 valence electrons. The van der Waals surface area contributed by atoms with Crippen LogP contribution < -0.4 is 10.6 Å². The summed E-state index contributed by atoms with van der Waals surface area (Å²) in [6.07, 6.45) is 3.05. The highest BCUT2D eigenvalue weighted by atomic mass is 32.2. The largest absolute Gasteiger partial charge is 0.373 e. The molecule has 0 bridgehead atoms. The van der Waals surface area contributed by atoms with E-state index in [1.165, 1.54) is 22.3 Å². The highest BCUT2D eigenvalue weighted by Crippen LogP contribution is 2.38. The summed E-state index contributed by atoms with van der Waals surface area (Å²) in [5.41, 5.74) is 4.90. The number of amides is 1. The second-order valence-corrected chi connectivity index (χ2v) is 9.03. The zero-order valence-corrected chi connectivity index (χ0v) is 18.4. The van der Waals surface area contributed by atoms with E-state index in [4.69, 9.17) is 0 Å². The van der Waals surface area contributed by atoms with E-state index in [0.29, 0.717) is 5.92 Å². The van der Waals surface area contributed by atoms with Gasteiger partial charge in [-0.1, -0.05) is 86.3 Å². The van der Waals surface area contributed by atoms with Gasteiger partial charge in [0.25, 0.3) is 0 Å². The maximum Gasteiger partial charge on any atom is 0.233 e. The predicted octanol–water partition coefficient (Wildman–Crippen LogP) is 5.32. The maximum atomic E-state index is 12.4. The van der Waals surface area contributed by atoms with Crippen LogP contribution in [0.25, 0.3) is 11.1 Å². The van der Waals surface area contributed by atoms with Crippen molar-refractivity contribution >= 4 is 28.8 Å². The maximum absolute atomic E-state index is 12.4. The van der Waals surface area contributed by atoms with Gasteiger partial charge in [-0.05, 0) is 47.6 Å². The highest BCUT2D eigenvalue weighted by molar-refractivity contribution is 8.04. The second kappa shape index (κ2) is 9.84. The molecule has 4 heteroatoms. The van der Waals surface area contributed by atoms with Crippen molar-refractivity contribution in [3.8, 4) is 0 Å². The molecule has 1 amide bonds. The van der Waals surface area contributed by atoms with E-state index in [0.717, 1.165) is 11.4 Å². The second-order valence-electron chi connectivity index (χ2n) is 7.78. The van der Waals surface area contributed by atoms with Crippen molar-refractivity contribution in [1.29, 1.82) is 0 Å². The smallest absolute Gasteiger partial charge is 0.233 e. The molecule has 2 aromatic rings. The number of nitrogens with one attached hydrogen (secondary N) is 2. The standard InChI is InChI=1S/C25H30N2OS/c1-17(2)15-22(25(28)26-4)29-23-16-21(19-11-7-5-8-12-19)24(18(3)27-23)20-13-9-6-10-14-20/h5-14,16-18,22,27H,15H2,1-4H3,(H,26,28). The molecule has 0 aromatic heterocycles. The van der Waals surface area contributed by atoms with Crippen LogP contribution in [-0.4, -0.2) is 24.2 Å². The third-order valence-electron chi connectivity index (χ3n) is 5.02. The molecular formula is C25H30N2OS. The van der Waals surface area contributed by atoms with Gasteiger partial charge < -0.3 is 10.6 Å². The molecule has 3 nitrogen and oxygen atoms in total. The molecule has 1 aliphatic rings. The Morgan fingerprint density at radius 3 is 2.17 bits per heavy atom. The minimum absolute atomic E-state index is 0.0816. The van der Waals surface area contributed by atoms with Gasteiger partial charge in [-0.3, -0.25) is 4.79 Å². The molecule has 1 aliphatic heterocycles. The molecule has 2 aromatic carbocycles. The number of thioether (sulfide) groups is 1. The van der Waals surface area contributed by atoms with Gasteiger partial charge in [-0.25, -0.2) is 0 Å². The fraction of sp³-hybridized carbons (Fsp3) is 0.320. The first-order valence-corrected chi connectivity index (χ1v) is 11.1. The molecule has 2 N–H and O–H groups in total. The van der Waals surface area contributed by atoms with E-state index < -0.39 is 0 Å². The number of carbonyl (C=O) groups excluding carboxylic acids is 1. The lowest BCUT2D eigenvalue weighted by Crippen LogP contribution is -2.34. The Bertz CT molecular complexity index is 888. The van der Waals surface area contributed by atoms with Crippen LogP contribution in [0.5, 0.6) is 0 Å². The zero-order valence-electron chi connectivity index (χ0n) is 17.6. The van der Waals surface area contributed by atoms with Crippen LogP contribution in [0.3, 0.4) is 0 Å². The van der Waals surface area contributed by atoms with E-state index in [9.17, 15) is 4.79 Å². The topological polar surface area (TPSA) is 41.1 Å². The molecule has 2 unspecified atom stereocenters. The van der Waals surface area contributed by atoms with Crippen molar-refractivity contribution in [2.75, 3.05) is 7.05 Å². The molecule has 0 fully saturated rings. The van der Waals surface area contributed by atoms with Crippen LogP contribution in [0.2, 0.25) is 0 Å². The first-order valence-electron chi connectivity index (χ1n) is 10.2. The van der Waals surface area contributed by atoms with Crippen LogP contribution in [0.15, 0.2) is 71.8 Å². The van der Waals surface area contributed by atoms with Gasteiger partial charge in [-0.15, -0.1) is 0 Å². The molecule has 2 atom stereocenters. The third-order valence-corrected chi connectivity index (χ3v) is 6.20. The van der Waals surface area contributed by atoms with Gasteiger partial charge in [0.2, 0.25) is 5.91 Å². The fourth-order valence-electron chi connectivity index (χ4n) is 3.67. The quantitative estimate of drug-likeness (QED) is 0.653. The summed E-state index contributed by atoms with van der Waals surface area (Å²) in [6.45, 7) is 6.51. The first-order chi connectivity index (χ1) is 14.0. The minimum atomic E-state index is -0.110. The van der Waals surface area contributed by atoms with Gasteiger partial charge in [0.15, 0.2) is 0 Å². The Morgan fingerprint density at radius 1 is 1.03 bits per heavy atom. The molecule has 0 aliphatic carbocycles. The Kier molecular flexibility index (Phi) is 7.21. The summed E-state index contributed by atoms with van der Waals surface area (Å²) in [6, 6.07) is 21.2. The van der Waals surface area contributed by atoms with E-state index in [-0.39, 0.29) is 17.2 Å². The Balaban J connectivity index is 2.03. The number of hydrogen-bond acceptors (Lipinski definition) is 3. The molecule has 0 radical (unpaired) electrons. The van der Waals surface area contributed by atoms with Crippen molar-refractivity contribution in [2.45, 2.75) is 38.5 Å². The number of carbonyl (C=O) groups is 1. The number of rotatable bonds is 7. The van der Waals surface area contributed by atoms with Crippen molar-refractivity contribution in [1.82, 2.24) is 10.6 Å². The molecule has 0 saturated heterocycles. The van der Waals surface area contributed by atoms with E-state index in [1.807, 2.05) is 12.1 Å². The van der Waals surface area contributed by atoms with Crippen molar-refractivity contribution < 1.29 is 4.79 Å². The van der Waals surface area contributed by atoms with Crippen LogP contribution >= 0.6 is 11.8 Å². The SMILES string of the molecule is CNC(=O)C(CC(C)C)SC1=CC(c2ccccc2)=C(c2ccccc2)C(C)N1. The molecule has 1 heterocycles. The molecular weight excluding hydrogens is 376 g/mol. The Morgan fingerprint density at radius 2 is 1.62 bits per heavy atom. The summed E-state index contributed by atoms with van der Waals surface area (Å²) in [7, 11) is 1.71. The summed E-state index contributed by atoms with van der Waals surface area (Å²) < 4.78 is 0. The number of allylic oxidation sites excluding steroid dienone is 2. The van der Waals surface area contributed by atoms with Gasteiger partial charge in [0.1, 0.15) is 0 Å². The van der Waals surface area contributed by atoms with Crippen LogP contribution in [0.4, 0.5) is 0 Å². The lowest BCUT2D eigenvalue weighted by Gasteiger charge is -2.30. The van der Waals surface area contributed by atoms with Crippen LogP contribution in [0.1, 0.15) is 38.3 Å². The number of benzene rings is 2. The van der Waals surface area contributed by atoms with Crippen molar-refractivity contribution in [3.05, 3.63) is 82.9 Å². The molecule has 0 spiro atoms. The number of dihydropyridines is 1. The van der Waals surface area contributed by atoms with Gasteiger partial charge in [0.05, 0.1) is 16.3 Å². The van der Waals surface area contributed by atoms with E-state index in [2.05, 4.69) is 86.0 Å². The van der Waals surface area contributed by atoms with Crippen molar-refractivity contribution in [3.63, 3.8) is 0 Å². The highest BCUT2D eigenvalue weighted by Gasteiger charge is 2.26. The van der Waals surface area contributed by atoms with Gasteiger partial charge >= 0.3 is 0 Å². The summed E-state index contributed by atoms with van der Waals surface area (Å²) >= 11 is 1.63. The Labute approximate surface area is 178 Å². The normalized spacial score (nSPS) is 17.6. The molecule has 29 heavy (non-hydrogen) atoms. The summed E-state index contributed by atoms with van der Waals surface area (Å²) in [5.74, 6) is 0.536. The number of hydrogen-bond donors (Lipinski definition) is 2. The first kappa shape index (κ1) is 21.3. The minimum Gasteiger partial charge on any atom is -0.373 e. The average Bonchev–Trinajstić information content (AvgIpc) is 2.73. The third kappa shape index (κ3) is 5.33. The van der Waals surface area contributed by atoms with E-state index >= 15 is 0 Å². The van der Waals surface area contributed by atoms with E-state index in [1.54, 1.807) is 18.8 Å².